The minimum absolute atomic E-state index is 0.0416. The quantitative estimate of drug-likeness (QED) is 0.553. The van der Waals surface area contributed by atoms with Gasteiger partial charge in [-0.1, -0.05) is 48.9 Å². The highest BCUT2D eigenvalue weighted by molar-refractivity contribution is 6.32. The van der Waals surface area contributed by atoms with E-state index in [1.807, 2.05) is 48.5 Å². The Kier molecular flexibility index (Phi) is 6.00. The first-order chi connectivity index (χ1) is 13.7. The Labute approximate surface area is 177 Å². The molecule has 0 radical (unpaired) electrons. The number of carbonyl (C=O) groups is 1. The van der Waals surface area contributed by atoms with Crippen LogP contribution in [0.2, 0.25) is 5.02 Å². The second kappa shape index (κ2) is 8.31. The van der Waals surface area contributed by atoms with Gasteiger partial charge < -0.3 is 10.2 Å². The molecule has 3 rings (SSSR count). The number of hydrogen-bond acceptors (Lipinski definition) is 3. The second-order valence-corrected chi connectivity index (χ2v) is 8.65. The number of amides is 1. The van der Waals surface area contributed by atoms with Gasteiger partial charge in [-0.2, -0.15) is 5.26 Å². The molecule has 0 bridgehead atoms. The number of rotatable bonds is 4. The first-order valence-corrected chi connectivity index (χ1v) is 10.1. The SMILES string of the molecule is CC1CC(C)(C)N(C)c2cc(Cl)c(/C=C(/C#N)C(=O)NCc3ccccc3)cc21. The Morgan fingerprint density at radius 1 is 1.34 bits per heavy atom. The van der Waals surface area contributed by atoms with Crippen molar-refractivity contribution in [2.75, 3.05) is 11.9 Å². The molecule has 1 unspecified atom stereocenters. The molecule has 5 heteroatoms. The number of benzene rings is 2. The molecular weight excluding hydrogens is 382 g/mol. The van der Waals surface area contributed by atoms with Gasteiger partial charge in [-0.05, 0) is 61.1 Å². The van der Waals surface area contributed by atoms with Gasteiger partial charge in [-0.25, -0.2) is 0 Å². The average Bonchev–Trinajstić information content (AvgIpc) is 2.69. The fraction of sp³-hybridized carbons (Fsp3) is 0.333. The zero-order valence-electron chi connectivity index (χ0n) is 17.3. The van der Waals surface area contributed by atoms with Gasteiger partial charge in [0.25, 0.3) is 5.91 Å². The van der Waals surface area contributed by atoms with E-state index in [1.54, 1.807) is 6.08 Å². The first-order valence-electron chi connectivity index (χ1n) is 9.74. The average molecular weight is 408 g/mol. The van der Waals surface area contributed by atoms with E-state index in [2.05, 4.69) is 38.0 Å². The molecule has 0 aliphatic carbocycles. The molecule has 29 heavy (non-hydrogen) atoms. The van der Waals surface area contributed by atoms with Crippen LogP contribution in [0.4, 0.5) is 5.69 Å². The summed E-state index contributed by atoms with van der Waals surface area (Å²) in [7, 11) is 2.08. The summed E-state index contributed by atoms with van der Waals surface area (Å²) in [5, 5.41) is 12.8. The molecule has 0 fully saturated rings. The van der Waals surface area contributed by atoms with Gasteiger partial charge in [-0.15, -0.1) is 0 Å². The fourth-order valence-corrected chi connectivity index (χ4v) is 4.11. The summed E-state index contributed by atoms with van der Waals surface area (Å²) in [6.07, 6.45) is 2.60. The maximum atomic E-state index is 12.5. The summed E-state index contributed by atoms with van der Waals surface area (Å²) in [4.78, 5) is 14.7. The molecule has 0 aromatic heterocycles. The Morgan fingerprint density at radius 2 is 2.03 bits per heavy atom. The molecule has 2 aromatic carbocycles. The van der Waals surface area contributed by atoms with Gasteiger partial charge in [-0.3, -0.25) is 4.79 Å². The third kappa shape index (κ3) is 4.46. The van der Waals surface area contributed by atoms with Crippen LogP contribution >= 0.6 is 11.6 Å². The van der Waals surface area contributed by atoms with Crippen molar-refractivity contribution in [1.29, 1.82) is 5.26 Å². The van der Waals surface area contributed by atoms with Gasteiger partial charge in [0.05, 0.1) is 0 Å². The topological polar surface area (TPSA) is 56.1 Å². The predicted molar refractivity (Wildman–Crippen MR) is 119 cm³/mol. The van der Waals surface area contributed by atoms with Crippen LogP contribution in [0.5, 0.6) is 0 Å². The van der Waals surface area contributed by atoms with Crippen molar-refractivity contribution < 1.29 is 4.79 Å². The van der Waals surface area contributed by atoms with Gasteiger partial charge >= 0.3 is 0 Å². The summed E-state index contributed by atoms with van der Waals surface area (Å²) >= 11 is 6.53. The molecular formula is C24H26ClN3O. The predicted octanol–water partition coefficient (Wildman–Crippen LogP) is 5.29. The van der Waals surface area contributed by atoms with E-state index >= 15 is 0 Å². The number of anilines is 1. The normalized spacial score (nSPS) is 18.0. The highest BCUT2D eigenvalue weighted by atomic mass is 35.5. The number of fused-ring (bicyclic) bond motifs is 1. The lowest BCUT2D eigenvalue weighted by molar-refractivity contribution is -0.117. The number of nitrogens with zero attached hydrogens (tertiary/aromatic N) is 2. The van der Waals surface area contributed by atoms with E-state index in [9.17, 15) is 10.1 Å². The lowest BCUT2D eigenvalue weighted by Crippen LogP contribution is -2.45. The van der Waals surface area contributed by atoms with Crippen molar-refractivity contribution in [3.63, 3.8) is 0 Å². The van der Waals surface area contributed by atoms with Crippen LogP contribution in [0.15, 0.2) is 48.0 Å². The van der Waals surface area contributed by atoms with E-state index in [1.165, 1.54) is 5.56 Å². The third-order valence-corrected chi connectivity index (χ3v) is 6.04. The Bertz CT molecular complexity index is 989. The largest absolute Gasteiger partial charge is 0.369 e. The van der Waals surface area contributed by atoms with Crippen molar-refractivity contribution in [1.82, 2.24) is 5.32 Å². The number of hydrogen-bond donors (Lipinski definition) is 1. The maximum Gasteiger partial charge on any atom is 0.262 e. The summed E-state index contributed by atoms with van der Waals surface area (Å²) in [5.74, 6) is -0.0468. The summed E-state index contributed by atoms with van der Waals surface area (Å²) in [6, 6.07) is 15.6. The zero-order chi connectivity index (χ0) is 21.2. The summed E-state index contributed by atoms with van der Waals surface area (Å²) in [5.41, 5.74) is 4.04. The maximum absolute atomic E-state index is 12.5. The number of carbonyl (C=O) groups excluding carboxylic acids is 1. The summed E-state index contributed by atoms with van der Waals surface area (Å²) in [6.45, 7) is 7.01. The van der Waals surface area contributed by atoms with Gasteiger partial charge in [0.15, 0.2) is 0 Å². The van der Waals surface area contributed by atoms with Crippen molar-refractivity contribution in [3.05, 3.63) is 69.8 Å². The highest BCUT2D eigenvalue weighted by Gasteiger charge is 2.34. The number of nitrogens with one attached hydrogen (secondary N) is 1. The Morgan fingerprint density at radius 3 is 2.69 bits per heavy atom. The minimum Gasteiger partial charge on any atom is -0.369 e. The Hall–Kier alpha value is -2.77. The summed E-state index contributed by atoms with van der Waals surface area (Å²) < 4.78 is 0. The molecule has 0 saturated carbocycles. The highest BCUT2D eigenvalue weighted by Crippen LogP contribution is 2.44. The van der Waals surface area contributed by atoms with E-state index < -0.39 is 5.91 Å². The third-order valence-electron chi connectivity index (χ3n) is 5.71. The number of halogens is 1. The van der Waals surface area contributed by atoms with Gasteiger partial charge in [0, 0.05) is 29.8 Å². The molecule has 2 aromatic rings. The van der Waals surface area contributed by atoms with Crippen LogP contribution < -0.4 is 10.2 Å². The molecule has 0 spiro atoms. The molecule has 4 nitrogen and oxygen atoms in total. The second-order valence-electron chi connectivity index (χ2n) is 8.25. The standard InChI is InChI=1S/C24H26ClN3O/c1-16-13-24(2,3)28(4)22-12-21(25)18(11-20(16)22)10-19(14-26)23(29)27-15-17-8-6-5-7-9-17/h5-12,16H,13,15H2,1-4H3,(H,27,29)/b19-10-. The van der Waals surface area contributed by atoms with Crippen LogP contribution in [0, 0.1) is 11.3 Å². The van der Waals surface area contributed by atoms with E-state index in [0.29, 0.717) is 23.0 Å². The zero-order valence-corrected chi connectivity index (χ0v) is 18.0. The molecule has 1 aliphatic heterocycles. The minimum atomic E-state index is -0.406. The molecule has 1 amide bonds. The van der Waals surface area contributed by atoms with Crippen LogP contribution in [-0.2, 0) is 11.3 Å². The fourth-order valence-electron chi connectivity index (χ4n) is 3.89. The van der Waals surface area contributed by atoms with Crippen molar-refractivity contribution in [2.45, 2.75) is 45.2 Å². The first kappa shape index (κ1) is 21.0. The lowest BCUT2D eigenvalue weighted by atomic mass is 9.80. The monoisotopic (exact) mass is 407 g/mol. The van der Waals surface area contributed by atoms with E-state index in [-0.39, 0.29) is 11.1 Å². The lowest BCUT2D eigenvalue weighted by Gasteiger charge is -2.45. The van der Waals surface area contributed by atoms with Crippen LogP contribution in [0.25, 0.3) is 6.08 Å². The molecule has 0 saturated heterocycles. The smallest absolute Gasteiger partial charge is 0.262 e. The van der Waals surface area contributed by atoms with Crippen LogP contribution in [0.3, 0.4) is 0 Å². The van der Waals surface area contributed by atoms with Crippen molar-refractivity contribution in [2.24, 2.45) is 0 Å². The Balaban J connectivity index is 1.87. The van der Waals surface area contributed by atoms with Crippen molar-refractivity contribution in [3.8, 4) is 6.07 Å². The molecule has 150 valence electrons. The van der Waals surface area contributed by atoms with E-state index in [4.69, 9.17) is 11.6 Å². The van der Waals surface area contributed by atoms with Crippen LogP contribution in [-0.4, -0.2) is 18.5 Å². The van der Waals surface area contributed by atoms with Gasteiger partial charge in [0.1, 0.15) is 11.6 Å². The van der Waals surface area contributed by atoms with Crippen LogP contribution in [0.1, 0.15) is 49.8 Å². The molecule has 1 atom stereocenters. The number of nitriles is 1. The van der Waals surface area contributed by atoms with E-state index in [0.717, 1.165) is 17.7 Å². The molecule has 1 aliphatic rings. The van der Waals surface area contributed by atoms with Gasteiger partial charge in [0.2, 0.25) is 0 Å². The van der Waals surface area contributed by atoms with Crippen molar-refractivity contribution >= 4 is 29.3 Å². The molecule has 1 heterocycles. The molecule has 1 N–H and O–H groups in total.